The van der Waals surface area contributed by atoms with E-state index in [-0.39, 0.29) is 0 Å². The molecule has 0 amide bonds. The highest BCUT2D eigenvalue weighted by Gasteiger charge is 2.24. The van der Waals surface area contributed by atoms with E-state index in [1.165, 1.54) is 13.0 Å². The Morgan fingerprint density at radius 3 is 2.94 bits per heavy atom. The second-order valence-electron chi connectivity index (χ2n) is 5.32. The number of nitrogens with one attached hydrogen (secondary N) is 2. The highest BCUT2D eigenvalue weighted by atomic mass is 15.2. The molecule has 1 saturated heterocycles. The second-order valence-corrected chi connectivity index (χ2v) is 5.32. The predicted molar refractivity (Wildman–Crippen MR) is 74.8 cm³/mol. The third kappa shape index (κ3) is 2.20. The molecule has 0 radical (unpaired) electrons. The number of hydrogen-bond acceptors (Lipinski definition) is 3. The highest BCUT2D eigenvalue weighted by Crippen LogP contribution is 2.18. The predicted octanol–water partition coefficient (Wildman–Crippen LogP) is 2.46. The lowest BCUT2D eigenvalue weighted by Gasteiger charge is -2.20. The van der Waals surface area contributed by atoms with Gasteiger partial charge >= 0.3 is 0 Å². The molecular formula is C14H20N4. The lowest BCUT2D eigenvalue weighted by atomic mass is 10.3. The topological polar surface area (TPSA) is 44.0 Å². The summed E-state index contributed by atoms with van der Waals surface area (Å²) in [6, 6.07) is 9.28. The molecule has 2 N–H and O–H groups in total. The molecule has 2 heterocycles. The number of aromatic nitrogens is 2. The number of aromatic amines is 1. The van der Waals surface area contributed by atoms with E-state index in [1.54, 1.807) is 0 Å². The molecule has 1 aliphatic rings. The average Bonchev–Trinajstić information content (AvgIpc) is 2.94. The van der Waals surface area contributed by atoms with Crippen molar-refractivity contribution in [2.24, 2.45) is 0 Å². The molecule has 0 aliphatic carbocycles. The molecule has 1 aliphatic heterocycles. The van der Waals surface area contributed by atoms with E-state index in [2.05, 4.69) is 40.1 Å². The maximum Gasteiger partial charge on any atom is 0.201 e. The molecule has 1 aromatic heterocycles. The van der Waals surface area contributed by atoms with Crippen molar-refractivity contribution in [2.45, 2.75) is 32.4 Å². The van der Waals surface area contributed by atoms with Gasteiger partial charge in [0, 0.05) is 25.2 Å². The van der Waals surface area contributed by atoms with E-state index in [0.717, 1.165) is 23.5 Å². The van der Waals surface area contributed by atoms with Gasteiger partial charge in [-0.05, 0) is 32.4 Å². The molecule has 1 fully saturated rings. The summed E-state index contributed by atoms with van der Waals surface area (Å²) in [5.74, 6) is 0.895. The van der Waals surface area contributed by atoms with Gasteiger partial charge in [0.15, 0.2) is 0 Å². The summed E-state index contributed by atoms with van der Waals surface area (Å²) in [5.41, 5.74) is 2.12. The van der Waals surface area contributed by atoms with Crippen molar-refractivity contribution in [3.05, 3.63) is 24.3 Å². The number of nitrogens with zero attached hydrogens (tertiary/aromatic N) is 2. The molecule has 2 aromatic rings. The number of para-hydroxylation sites is 2. The first-order valence-corrected chi connectivity index (χ1v) is 6.68. The molecule has 4 nitrogen and oxygen atoms in total. The Balaban J connectivity index is 1.70. The summed E-state index contributed by atoms with van der Waals surface area (Å²) < 4.78 is 0. The van der Waals surface area contributed by atoms with Crippen LogP contribution in [0.15, 0.2) is 24.3 Å². The Hall–Kier alpha value is -1.55. The van der Waals surface area contributed by atoms with E-state index in [0.29, 0.717) is 12.1 Å². The minimum Gasteiger partial charge on any atom is -0.352 e. The Morgan fingerprint density at radius 1 is 1.39 bits per heavy atom. The maximum absolute atomic E-state index is 4.56. The van der Waals surface area contributed by atoms with Crippen LogP contribution in [0, 0.1) is 0 Å². The Labute approximate surface area is 107 Å². The first-order valence-electron chi connectivity index (χ1n) is 6.68. The van der Waals surface area contributed by atoms with Gasteiger partial charge in [-0.25, -0.2) is 4.98 Å². The minimum absolute atomic E-state index is 0.507. The fourth-order valence-electron chi connectivity index (χ4n) is 2.59. The fraction of sp³-hybridized carbons (Fsp3) is 0.500. The van der Waals surface area contributed by atoms with Gasteiger partial charge in [-0.3, -0.25) is 4.90 Å². The molecule has 0 saturated carbocycles. The van der Waals surface area contributed by atoms with Crippen molar-refractivity contribution in [1.29, 1.82) is 0 Å². The SMILES string of the molecule is CC(C)N1CCC(Nc2nc3ccccc3[nH]2)C1. The van der Waals surface area contributed by atoms with E-state index in [9.17, 15) is 0 Å². The van der Waals surface area contributed by atoms with Gasteiger partial charge in [-0.1, -0.05) is 12.1 Å². The standard InChI is InChI=1S/C14H20N4/c1-10(2)18-8-7-11(9-18)15-14-16-12-5-3-4-6-13(12)17-14/h3-6,10-11H,7-9H2,1-2H3,(H2,15,16,17). The van der Waals surface area contributed by atoms with Crippen molar-refractivity contribution >= 4 is 17.0 Å². The quantitative estimate of drug-likeness (QED) is 0.871. The first-order chi connectivity index (χ1) is 8.72. The minimum atomic E-state index is 0.507. The van der Waals surface area contributed by atoms with E-state index in [1.807, 2.05) is 18.2 Å². The molecule has 0 bridgehead atoms. The molecule has 96 valence electrons. The summed E-state index contributed by atoms with van der Waals surface area (Å²) in [6.07, 6.45) is 1.19. The van der Waals surface area contributed by atoms with E-state index < -0.39 is 0 Å². The average molecular weight is 244 g/mol. The van der Waals surface area contributed by atoms with Crippen LogP contribution in [0.4, 0.5) is 5.95 Å². The maximum atomic E-state index is 4.56. The summed E-state index contributed by atoms with van der Waals surface area (Å²) >= 11 is 0. The summed E-state index contributed by atoms with van der Waals surface area (Å²) in [7, 11) is 0. The Kier molecular flexibility index (Phi) is 2.96. The van der Waals surface area contributed by atoms with Gasteiger partial charge in [-0.15, -0.1) is 0 Å². The molecule has 1 aromatic carbocycles. The highest BCUT2D eigenvalue weighted by molar-refractivity contribution is 5.77. The van der Waals surface area contributed by atoms with Gasteiger partial charge < -0.3 is 10.3 Å². The van der Waals surface area contributed by atoms with Crippen LogP contribution in [-0.4, -0.2) is 40.0 Å². The van der Waals surface area contributed by atoms with Crippen LogP contribution in [0.25, 0.3) is 11.0 Å². The lowest BCUT2D eigenvalue weighted by molar-refractivity contribution is 0.274. The van der Waals surface area contributed by atoms with Crippen LogP contribution < -0.4 is 5.32 Å². The number of benzene rings is 1. The summed E-state index contributed by atoms with van der Waals surface area (Å²) in [5, 5.41) is 3.51. The number of hydrogen-bond donors (Lipinski definition) is 2. The van der Waals surface area contributed by atoms with Crippen molar-refractivity contribution in [3.8, 4) is 0 Å². The second kappa shape index (κ2) is 4.61. The van der Waals surface area contributed by atoms with Crippen molar-refractivity contribution in [1.82, 2.24) is 14.9 Å². The normalized spacial score (nSPS) is 20.9. The monoisotopic (exact) mass is 244 g/mol. The summed E-state index contributed by atoms with van der Waals surface area (Å²) in [6.45, 7) is 6.79. The zero-order valence-corrected chi connectivity index (χ0v) is 11.0. The lowest BCUT2D eigenvalue weighted by Crippen LogP contribution is -2.31. The molecule has 0 spiro atoms. The molecule has 18 heavy (non-hydrogen) atoms. The van der Waals surface area contributed by atoms with Crippen LogP contribution in [0.3, 0.4) is 0 Å². The number of imidazole rings is 1. The van der Waals surface area contributed by atoms with Crippen LogP contribution in [-0.2, 0) is 0 Å². The first kappa shape index (κ1) is 11.5. The van der Waals surface area contributed by atoms with Crippen molar-refractivity contribution in [3.63, 3.8) is 0 Å². The Morgan fingerprint density at radius 2 is 2.22 bits per heavy atom. The summed E-state index contributed by atoms with van der Waals surface area (Å²) in [4.78, 5) is 10.4. The van der Waals surface area contributed by atoms with E-state index in [4.69, 9.17) is 0 Å². The smallest absolute Gasteiger partial charge is 0.201 e. The van der Waals surface area contributed by atoms with Crippen molar-refractivity contribution < 1.29 is 0 Å². The fourth-order valence-corrected chi connectivity index (χ4v) is 2.59. The third-order valence-electron chi connectivity index (χ3n) is 3.68. The van der Waals surface area contributed by atoms with Crippen LogP contribution in [0.2, 0.25) is 0 Å². The molecule has 4 heteroatoms. The van der Waals surface area contributed by atoms with Gasteiger partial charge in [0.05, 0.1) is 11.0 Å². The molecule has 1 atom stereocenters. The number of fused-ring (bicyclic) bond motifs is 1. The van der Waals surface area contributed by atoms with Crippen LogP contribution in [0.1, 0.15) is 20.3 Å². The number of H-pyrrole nitrogens is 1. The Bertz CT molecular complexity index is 498. The zero-order chi connectivity index (χ0) is 12.5. The van der Waals surface area contributed by atoms with E-state index >= 15 is 0 Å². The number of anilines is 1. The van der Waals surface area contributed by atoms with Gasteiger partial charge in [0.1, 0.15) is 0 Å². The zero-order valence-electron chi connectivity index (χ0n) is 11.0. The molecular weight excluding hydrogens is 224 g/mol. The van der Waals surface area contributed by atoms with Gasteiger partial charge in [0.2, 0.25) is 5.95 Å². The van der Waals surface area contributed by atoms with Crippen LogP contribution >= 0.6 is 0 Å². The number of likely N-dealkylation sites (tertiary alicyclic amines) is 1. The molecule has 3 rings (SSSR count). The third-order valence-corrected chi connectivity index (χ3v) is 3.68. The molecule has 1 unspecified atom stereocenters. The number of rotatable bonds is 3. The van der Waals surface area contributed by atoms with Gasteiger partial charge in [0.25, 0.3) is 0 Å². The van der Waals surface area contributed by atoms with Gasteiger partial charge in [-0.2, -0.15) is 0 Å². The van der Waals surface area contributed by atoms with Crippen molar-refractivity contribution in [2.75, 3.05) is 18.4 Å². The van der Waals surface area contributed by atoms with Crippen LogP contribution in [0.5, 0.6) is 0 Å². The largest absolute Gasteiger partial charge is 0.352 e.